The Kier molecular flexibility index (Phi) is 35.6. The van der Waals surface area contributed by atoms with Crippen molar-refractivity contribution < 1.29 is 39.8 Å². The van der Waals surface area contributed by atoms with Crippen LogP contribution < -0.4 is 5.32 Å². The number of aliphatic hydroxyl groups is 5. The highest BCUT2D eigenvalue weighted by molar-refractivity contribution is 5.76. The van der Waals surface area contributed by atoms with Gasteiger partial charge in [0.1, 0.15) is 24.4 Å². The molecule has 7 atom stereocenters. The lowest BCUT2D eigenvalue weighted by molar-refractivity contribution is -0.302. The molecule has 1 heterocycles. The number of hydrogen-bond donors (Lipinski definition) is 6. The fourth-order valence-electron chi connectivity index (χ4n) is 6.23. The maximum atomic E-state index is 12.9. The standard InChI is InChI=1S/C50H81NO8/c1-3-5-7-9-11-13-14-15-16-17-18-19-20-21-22-23-24-25-26-27-28-29-30-32-34-36-38-40-46(54)51-43(44(53)39-37-35-33-31-12-10-8-6-4-2)42-58-50-49(57)48(56)47(55)45(41-52)59-50/h5,7,11,13,15-16,18-19,21-22,24-25,27-28,30,32,37,39,43-45,47-50,52-53,55-57H,3-4,6,8-10,12,14,17,20,23,26,29,31,33-36,38,40-42H2,1-2H3,(H,51,54)/b7-5-,13-11-,16-15-,19-18-,22-21-,25-24-,28-27-,32-30-,39-37+. The van der Waals surface area contributed by atoms with Gasteiger partial charge in [-0.25, -0.2) is 0 Å². The molecule has 1 rings (SSSR count). The first-order valence-electron chi connectivity index (χ1n) is 22.6. The Hall–Kier alpha value is -3.15. The third-order valence-electron chi connectivity index (χ3n) is 9.85. The van der Waals surface area contributed by atoms with Crippen molar-refractivity contribution in [3.05, 3.63) is 109 Å². The summed E-state index contributed by atoms with van der Waals surface area (Å²) in [4.78, 5) is 12.9. The van der Waals surface area contributed by atoms with E-state index in [1.807, 2.05) is 6.08 Å². The summed E-state index contributed by atoms with van der Waals surface area (Å²) in [5.74, 6) is -0.228. The van der Waals surface area contributed by atoms with Crippen LogP contribution in [-0.4, -0.2) is 87.5 Å². The maximum Gasteiger partial charge on any atom is 0.220 e. The van der Waals surface area contributed by atoms with E-state index >= 15 is 0 Å². The van der Waals surface area contributed by atoms with E-state index in [2.05, 4.69) is 116 Å². The van der Waals surface area contributed by atoms with Crippen molar-refractivity contribution in [3.8, 4) is 0 Å². The number of carbonyl (C=O) groups is 1. The molecule has 334 valence electrons. The number of carbonyl (C=O) groups excluding carboxylic acids is 1. The molecule has 1 fully saturated rings. The van der Waals surface area contributed by atoms with Crippen molar-refractivity contribution in [2.75, 3.05) is 13.2 Å². The average molecular weight is 824 g/mol. The number of ether oxygens (including phenoxy) is 2. The molecule has 0 aromatic carbocycles. The third kappa shape index (κ3) is 29.7. The van der Waals surface area contributed by atoms with E-state index in [4.69, 9.17) is 9.47 Å². The summed E-state index contributed by atoms with van der Waals surface area (Å²) < 4.78 is 11.1. The first kappa shape index (κ1) is 53.9. The highest BCUT2D eigenvalue weighted by Crippen LogP contribution is 2.22. The second-order valence-electron chi connectivity index (χ2n) is 15.1. The molecule has 1 aliphatic rings. The molecule has 7 unspecified atom stereocenters. The quantitative estimate of drug-likeness (QED) is 0.0274. The van der Waals surface area contributed by atoms with E-state index in [-0.39, 0.29) is 18.9 Å². The van der Waals surface area contributed by atoms with Gasteiger partial charge in [-0.2, -0.15) is 0 Å². The molecule has 6 N–H and O–H groups in total. The number of allylic oxidation sites excluding steroid dienone is 17. The normalized spacial score (nSPS) is 21.8. The second kappa shape index (κ2) is 39.0. The minimum absolute atomic E-state index is 0.215. The molecule has 0 saturated carbocycles. The van der Waals surface area contributed by atoms with Crippen LogP contribution in [0.15, 0.2) is 109 Å². The second-order valence-corrected chi connectivity index (χ2v) is 15.1. The maximum absolute atomic E-state index is 12.9. The monoisotopic (exact) mass is 824 g/mol. The Labute approximate surface area is 357 Å². The van der Waals surface area contributed by atoms with Crippen molar-refractivity contribution >= 4 is 5.91 Å². The van der Waals surface area contributed by atoms with Crippen molar-refractivity contribution in [1.29, 1.82) is 0 Å². The molecule has 0 bridgehead atoms. The third-order valence-corrected chi connectivity index (χ3v) is 9.85. The van der Waals surface area contributed by atoms with Crippen LogP contribution in [0.4, 0.5) is 0 Å². The Bertz CT molecular complexity index is 1280. The van der Waals surface area contributed by atoms with E-state index in [1.165, 1.54) is 32.1 Å². The Morgan fingerprint density at radius 1 is 0.593 bits per heavy atom. The predicted octanol–water partition coefficient (Wildman–Crippen LogP) is 9.50. The SMILES string of the molecule is CC/C=C\C/C=C\C/C=C\C/C=C\C/C=C\C/C=C\C/C=C\C/C=C\CCCCC(=O)NC(COC1OC(CO)C(O)C(O)C1O)C(O)/C=C/CCCCCCCCC. The number of unbranched alkanes of at least 4 members (excludes halogenated alkanes) is 9. The topological polar surface area (TPSA) is 149 Å². The predicted molar refractivity (Wildman–Crippen MR) is 244 cm³/mol. The highest BCUT2D eigenvalue weighted by Gasteiger charge is 2.44. The molecule has 0 radical (unpaired) electrons. The molecule has 1 amide bonds. The minimum Gasteiger partial charge on any atom is -0.394 e. The van der Waals surface area contributed by atoms with Crippen LogP contribution in [0, 0.1) is 0 Å². The lowest BCUT2D eigenvalue weighted by atomic mass is 9.99. The Morgan fingerprint density at radius 2 is 1.05 bits per heavy atom. The lowest BCUT2D eigenvalue weighted by Crippen LogP contribution is -2.60. The van der Waals surface area contributed by atoms with E-state index < -0.39 is 49.5 Å². The van der Waals surface area contributed by atoms with Crippen molar-refractivity contribution in [2.45, 2.75) is 185 Å². The minimum atomic E-state index is -1.58. The van der Waals surface area contributed by atoms with Gasteiger partial charge < -0.3 is 40.3 Å². The molecule has 0 aliphatic carbocycles. The summed E-state index contributed by atoms with van der Waals surface area (Å²) in [5.41, 5.74) is 0. The molecule has 1 saturated heterocycles. The van der Waals surface area contributed by atoms with E-state index in [1.54, 1.807) is 6.08 Å². The van der Waals surface area contributed by atoms with Gasteiger partial charge in [-0.15, -0.1) is 0 Å². The van der Waals surface area contributed by atoms with Crippen LogP contribution >= 0.6 is 0 Å². The molecular weight excluding hydrogens is 743 g/mol. The van der Waals surface area contributed by atoms with Gasteiger partial charge in [-0.1, -0.05) is 162 Å². The molecule has 0 aromatic rings. The molecule has 9 heteroatoms. The van der Waals surface area contributed by atoms with Crippen LogP contribution in [0.3, 0.4) is 0 Å². The zero-order valence-corrected chi connectivity index (χ0v) is 36.5. The van der Waals surface area contributed by atoms with E-state index in [0.717, 1.165) is 83.5 Å². The van der Waals surface area contributed by atoms with Gasteiger partial charge in [-0.05, 0) is 83.5 Å². The molecule has 9 nitrogen and oxygen atoms in total. The van der Waals surface area contributed by atoms with Gasteiger partial charge in [0.15, 0.2) is 6.29 Å². The van der Waals surface area contributed by atoms with Crippen molar-refractivity contribution in [2.24, 2.45) is 0 Å². The van der Waals surface area contributed by atoms with E-state index in [9.17, 15) is 30.3 Å². The van der Waals surface area contributed by atoms with Gasteiger partial charge in [0.05, 0.1) is 25.4 Å². The summed E-state index contributed by atoms with van der Waals surface area (Å²) in [6.07, 6.45) is 50.0. The fraction of sp³-hybridized carbons (Fsp3) is 0.620. The summed E-state index contributed by atoms with van der Waals surface area (Å²) in [6, 6.07) is -0.834. The zero-order chi connectivity index (χ0) is 43.0. The molecule has 59 heavy (non-hydrogen) atoms. The molecule has 0 aromatic heterocycles. The van der Waals surface area contributed by atoms with Crippen molar-refractivity contribution in [3.63, 3.8) is 0 Å². The molecular formula is C50H81NO8. The summed E-state index contributed by atoms with van der Waals surface area (Å²) in [5, 5.41) is 53.9. The van der Waals surface area contributed by atoms with Crippen LogP contribution in [0.25, 0.3) is 0 Å². The van der Waals surface area contributed by atoms with Gasteiger partial charge in [-0.3, -0.25) is 4.79 Å². The van der Waals surface area contributed by atoms with Crippen LogP contribution in [0.5, 0.6) is 0 Å². The summed E-state index contributed by atoms with van der Waals surface area (Å²) in [6.45, 7) is 3.56. The van der Waals surface area contributed by atoms with Gasteiger partial charge >= 0.3 is 0 Å². The fourth-order valence-corrected chi connectivity index (χ4v) is 6.23. The summed E-state index contributed by atoms with van der Waals surface area (Å²) >= 11 is 0. The Morgan fingerprint density at radius 3 is 1.56 bits per heavy atom. The first-order valence-corrected chi connectivity index (χ1v) is 22.6. The van der Waals surface area contributed by atoms with Crippen LogP contribution in [0.2, 0.25) is 0 Å². The average Bonchev–Trinajstić information content (AvgIpc) is 3.23. The van der Waals surface area contributed by atoms with Crippen LogP contribution in [-0.2, 0) is 14.3 Å². The number of hydrogen-bond acceptors (Lipinski definition) is 8. The van der Waals surface area contributed by atoms with Crippen molar-refractivity contribution in [1.82, 2.24) is 5.32 Å². The van der Waals surface area contributed by atoms with Gasteiger partial charge in [0.2, 0.25) is 5.91 Å². The lowest BCUT2D eigenvalue weighted by Gasteiger charge is -2.40. The number of aliphatic hydroxyl groups excluding tert-OH is 5. The highest BCUT2D eigenvalue weighted by atomic mass is 16.7. The number of rotatable bonds is 35. The van der Waals surface area contributed by atoms with Crippen LogP contribution in [0.1, 0.15) is 142 Å². The zero-order valence-electron chi connectivity index (χ0n) is 36.5. The Balaban J connectivity index is 2.33. The van der Waals surface area contributed by atoms with E-state index in [0.29, 0.717) is 6.42 Å². The number of amides is 1. The molecule has 1 aliphatic heterocycles. The first-order chi connectivity index (χ1) is 28.8. The van der Waals surface area contributed by atoms with Gasteiger partial charge in [0, 0.05) is 6.42 Å². The number of nitrogens with one attached hydrogen (secondary N) is 1. The largest absolute Gasteiger partial charge is 0.394 e. The molecule has 0 spiro atoms. The van der Waals surface area contributed by atoms with Gasteiger partial charge in [0.25, 0.3) is 0 Å². The summed E-state index contributed by atoms with van der Waals surface area (Å²) in [7, 11) is 0. The smallest absolute Gasteiger partial charge is 0.220 e.